The van der Waals surface area contributed by atoms with E-state index in [9.17, 15) is 4.79 Å². The number of nitrogens with one attached hydrogen (secondary N) is 1. The summed E-state index contributed by atoms with van der Waals surface area (Å²) in [7, 11) is 0. The zero-order valence-corrected chi connectivity index (χ0v) is 15.7. The van der Waals surface area contributed by atoms with Crippen molar-refractivity contribution in [3.8, 4) is 11.5 Å². The van der Waals surface area contributed by atoms with E-state index in [0.29, 0.717) is 40.3 Å². The number of nitrogens with zero attached hydrogens (tertiary/aromatic N) is 1. The number of rotatable bonds is 4. The standard InChI is InChI=1S/C20H15ClN2O3S/c21-13-3-1-4-14(11-13)23-19(24)16-5-2-8-22-20(16)27-15-6-7-17-18(12-15)26-10-9-25-17/h1-8,11-12H,9-10H2,(H,23,24). The van der Waals surface area contributed by atoms with Crippen molar-refractivity contribution in [2.75, 3.05) is 18.5 Å². The van der Waals surface area contributed by atoms with Crippen molar-refractivity contribution in [3.63, 3.8) is 0 Å². The van der Waals surface area contributed by atoms with E-state index in [0.717, 1.165) is 10.6 Å². The van der Waals surface area contributed by atoms with E-state index in [1.165, 1.54) is 11.8 Å². The van der Waals surface area contributed by atoms with Crippen molar-refractivity contribution in [3.05, 3.63) is 71.4 Å². The van der Waals surface area contributed by atoms with Gasteiger partial charge in [-0.3, -0.25) is 4.79 Å². The third-order valence-electron chi connectivity index (χ3n) is 3.83. The van der Waals surface area contributed by atoms with Gasteiger partial charge in [0.15, 0.2) is 11.5 Å². The molecule has 5 nitrogen and oxygen atoms in total. The molecule has 1 aliphatic heterocycles. The van der Waals surface area contributed by atoms with E-state index in [1.54, 1.807) is 42.6 Å². The molecule has 2 aromatic carbocycles. The Kier molecular flexibility index (Phi) is 5.18. The maximum atomic E-state index is 12.7. The number of carbonyl (C=O) groups excluding carboxylic acids is 1. The van der Waals surface area contributed by atoms with E-state index >= 15 is 0 Å². The number of halogens is 1. The Morgan fingerprint density at radius 3 is 2.74 bits per heavy atom. The molecule has 0 spiro atoms. The third-order valence-corrected chi connectivity index (χ3v) is 5.07. The number of benzene rings is 2. The lowest BCUT2D eigenvalue weighted by Crippen LogP contribution is -2.15. The minimum Gasteiger partial charge on any atom is -0.486 e. The number of hydrogen-bond acceptors (Lipinski definition) is 5. The number of hydrogen-bond donors (Lipinski definition) is 1. The highest BCUT2D eigenvalue weighted by Gasteiger charge is 2.16. The first kappa shape index (κ1) is 17.7. The first-order valence-electron chi connectivity index (χ1n) is 8.28. The van der Waals surface area contributed by atoms with Gasteiger partial charge in [0.1, 0.15) is 18.2 Å². The summed E-state index contributed by atoms with van der Waals surface area (Å²) in [6, 6.07) is 16.2. The lowest BCUT2D eigenvalue weighted by molar-refractivity contribution is 0.102. The van der Waals surface area contributed by atoms with Crippen molar-refractivity contribution in [2.24, 2.45) is 0 Å². The fraction of sp³-hybridized carbons (Fsp3) is 0.100. The van der Waals surface area contributed by atoms with Crippen LogP contribution in [0.2, 0.25) is 5.02 Å². The number of amides is 1. The molecule has 2 heterocycles. The van der Waals surface area contributed by atoms with E-state index in [2.05, 4.69) is 10.3 Å². The first-order chi connectivity index (χ1) is 13.2. The molecule has 0 saturated heterocycles. The summed E-state index contributed by atoms with van der Waals surface area (Å²) < 4.78 is 11.2. The zero-order chi connectivity index (χ0) is 18.6. The second-order valence-corrected chi connectivity index (χ2v) is 7.23. The van der Waals surface area contributed by atoms with Gasteiger partial charge in [-0.1, -0.05) is 29.4 Å². The fourth-order valence-electron chi connectivity index (χ4n) is 2.61. The lowest BCUT2D eigenvalue weighted by atomic mass is 10.2. The zero-order valence-electron chi connectivity index (χ0n) is 14.1. The topological polar surface area (TPSA) is 60.5 Å². The average molecular weight is 399 g/mol. The Labute approximate surface area is 165 Å². The van der Waals surface area contributed by atoms with Crippen LogP contribution in [0, 0.1) is 0 Å². The quantitative estimate of drug-likeness (QED) is 0.676. The number of pyridine rings is 1. The summed E-state index contributed by atoms with van der Waals surface area (Å²) in [5.41, 5.74) is 1.11. The molecule has 3 aromatic rings. The Balaban J connectivity index is 1.57. The summed E-state index contributed by atoms with van der Waals surface area (Å²) in [6.07, 6.45) is 1.66. The minimum absolute atomic E-state index is 0.245. The van der Waals surface area contributed by atoms with Gasteiger partial charge in [0.2, 0.25) is 0 Å². The largest absolute Gasteiger partial charge is 0.486 e. The summed E-state index contributed by atoms with van der Waals surface area (Å²) in [5, 5.41) is 4.02. The van der Waals surface area contributed by atoms with Crippen molar-refractivity contribution in [1.82, 2.24) is 4.98 Å². The van der Waals surface area contributed by atoms with Crippen LogP contribution in [0.4, 0.5) is 5.69 Å². The van der Waals surface area contributed by atoms with Gasteiger partial charge in [-0.15, -0.1) is 0 Å². The first-order valence-corrected chi connectivity index (χ1v) is 9.48. The smallest absolute Gasteiger partial charge is 0.258 e. The number of fused-ring (bicyclic) bond motifs is 1. The highest BCUT2D eigenvalue weighted by Crippen LogP contribution is 2.37. The van der Waals surface area contributed by atoms with Gasteiger partial charge >= 0.3 is 0 Å². The molecule has 0 radical (unpaired) electrons. The predicted molar refractivity (Wildman–Crippen MR) is 105 cm³/mol. The van der Waals surface area contributed by atoms with Crippen LogP contribution in [0.25, 0.3) is 0 Å². The Morgan fingerprint density at radius 1 is 1.04 bits per heavy atom. The predicted octanol–water partition coefficient (Wildman–Crippen LogP) is 4.91. The highest BCUT2D eigenvalue weighted by molar-refractivity contribution is 7.99. The van der Waals surface area contributed by atoms with Gasteiger partial charge < -0.3 is 14.8 Å². The lowest BCUT2D eigenvalue weighted by Gasteiger charge is -2.18. The monoisotopic (exact) mass is 398 g/mol. The maximum absolute atomic E-state index is 12.7. The molecule has 0 fully saturated rings. The second kappa shape index (κ2) is 7.90. The molecule has 1 aromatic heterocycles. The van der Waals surface area contributed by atoms with Crippen LogP contribution in [0.15, 0.2) is 70.7 Å². The molecule has 1 amide bonds. The minimum atomic E-state index is -0.245. The second-order valence-electron chi connectivity index (χ2n) is 5.73. The summed E-state index contributed by atoms with van der Waals surface area (Å²) in [6.45, 7) is 1.07. The molecule has 136 valence electrons. The van der Waals surface area contributed by atoms with Crippen LogP contribution in [0.3, 0.4) is 0 Å². The molecule has 0 atom stereocenters. The molecule has 7 heteroatoms. The van der Waals surface area contributed by atoms with E-state index in [4.69, 9.17) is 21.1 Å². The molecule has 0 aliphatic carbocycles. The summed E-state index contributed by atoms with van der Waals surface area (Å²) in [5.74, 6) is 1.18. The van der Waals surface area contributed by atoms with Gasteiger partial charge in [-0.05, 0) is 48.5 Å². The molecule has 1 aliphatic rings. The number of ether oxygens (including phenoxy) is 2. The molecule has 0 unspecified atom stereocenters. The van der Waals surface area contributed by atoms with Gasteiger partial charge in [-0.2, -0.15) is 0 Å². The van der Waals surface area contributed by atoms with Crippen LogP contribution in [0.5, 0.6) is 11.5 Å². The van der Waals surface area contributed by atoms with E-state index in [-0.39, 0.29) is 5.91 Å². The third kappa shape index (κ3) is 4.18. The van der Waals surface area contributed by atoms with Gasteiger partial charge in [0.05, 0.1) is 5.56 Å². The van der Waals surface area contributed by atoms with E-state index in [1.807, 2.05) is 18.2 Å². The Morgan fingerprint density at radius 2 is 1.89 bits per heavy atom. The number of carbonyl (C=O) groups is 1. The molecular weight excluding hydrogens is 384 g/mol. The summed E-state index contributed by atoms with van der Waals surface area (Å²) in [4.78, 5) is 18.0. The van der Waals surface area contributed by atoms with Gasteiger partial charge in [0, 0.05) is 21.8 Å². The molecule has 27 heavy (non-hydrogen) atoms. The Hall–Kier alpha value is -2.70. The highest BCUT2D eigenvalue weighted by atomic mass is 35.5. The Bertz CT molecular complexity index is 996. The molecule has 0 saturated carbocycles. The van der Waals surface area contributed by atoms with Crippen LogP contribution >= 0.6 is 23.4 Å². The normalized spacial score (nSPS) is 12.5. The van der Waals surface area contributed by atoms with Crippen LogP contribution in [0.1, 0.15) is 10.4 Å². The van der Waals surface area contributed by atoms with Crippen LogP contribution in [-0.4, -0.2) is 24.1 Å². The maximum Gasteiger partial charge on any atom is 0.258 e. The molecule has 1 N–H and O–H groups in total. The van der Waals surface area contributed by atoms with Crippen molar-refractivity contribution in [2.45, 2.75) is 9.92 Å². The molecule has 4 rings (SSSR count). The molecular formula is C20H15ClN2O3S. The van der Waals surface area contributed by atoms with Crippen molar-refractivity contribution >= 4 is 35.0 Å². The average Bonchev–Trinajstić information content (AvgIpc) is 2.68. The summed E-state index contributed by atoms with van der Waals surface area (Å²) >= 11 is 7.38. The van der Waals surface area contributed by atoms with E-state index < -0.39 is 0 Å². The van der Waals surface area contributed by atoms with Gasteiger partial charge in [-0.25, -0.2) is 4.98 Å². The van der Waals surface area contributed by atoms with Crippen LogP contribution in [-0.2, 0) is 0 Å². The van der Waals surface area contributed by atoms with Gasteiger partial charge in [0.25, 0.3) is 5.91 Å². The number of aromatic nitrogens is 1. The molecule has 0 bridgehead atoms. The SMILES string of the molecule is O=C(Nc1cccc(Cl)c1)c1cccnc1Sc1ccc2c(c1)OCCO2. The fourth-order valence-corrected chi connectivity index (χ4v) is 3.71. The number of anilines is 1. The van der Waals surface area contributed by atoms with Crippen molar-refractivity contribution < 1.29 is 14.3 Å². The van der Waals surface area contributed by atoms with Crippen molar-refractivity contribution in [1.29, 1.82) is 0 Å². The van der Waals surface area contributed by atoms with Crippen LogP contribution < -0.4 is 14.8 Å².